The second-order valence-corrected chi connectivity index (χ2v) is 3.43. The minimum absolute atomic E-state index is 0.0304. The zero-order chi connectivity index (χ0) is 10.7. The third kappa shape index (κ3) is 2.02. The van der Waals surface area contributed by atoms with Gasteiger partial charge in [-0.25, -0.2) is 4.39 Å². The molecule has 0 heterocycles. The van der Waals surface area contributed by atoms with E-state index in [1.54, 1.807) is 6.26 Å². The molecule has 6 heteroatoms. The monoisotopic (exact) mass is 216 g/mol. The lowest BCUT2D eigenvalue weighted by Gasteiger charge is -2.10. The third-order valence-electron chi connectivity index (χ3n) is 1.79. The molecule has 0 radical (unpaired) electrons. The Morgan fingerprint density at radius 2 is 2.07 bits per heavy atom. The molecule has 1 aromatic carbocycles. The zero-order valence-corrected chi connectivity index (χ0v) is 8.64. The van der Waals surface area contributed by atoms with E-state index in [0.717, 1.165) is 0 Å². The number of ether oxygens (including phenoxy) is 1. The first-order valence-electron chi connectivity index (χ1n) is 3.88. The fourth-order valence-corrected chi connectivity index (χ4v) is 1.60. The first-order chi connectivity index (χ1) is 6.61. The summed E-state index contributed by atoms with van der Waals surface area (Å²) in [7, 11) is -0.440. The summed E-state index contributed by atoms with van der Waals surface area (Å²) >= 11 is 1.23. The van der Waals surface area contributed by atoms with E-state index < -0.39 is 12.9 Å². The van der Waals surface area contributed by atoms with Crippen LogP contribution in [0.3, 0.4) is 0 Å². The van der Waals surface area contributed by atoms with Crippen molar-refractivity contribution in [1.82, 2.24) is 0 Å². The molecule has 2 N–H and O–H groups in total. The Morgan fingerprint density at radius 1 is 1.43 bits per heavy atom. The Balaban J connectivity index is 3.28. The summed E-state index contributed by atoms with van der Waals surface area (Å²) in [4.78, 5) is 0.409. The van der Waals surface area contributed by atoms with Gasteiger partial charge in [0.15, 0.2) is 11.6 Å². The Bertz CT molecular complexity index is 333. The van der Waals surface area contributed by atoms with Gasteiger partial charge in [0, 0.05) is 10.4 Å². The molecule has 14 heavy (non-hydrogen) atoms. The molecule has 0 saturated carbocycles. The molecule has 0 aliphatic rings. The average molecular weight is 216 g/mol. The number of hydrogen-bond donors (Lipinski definition) is 2. The van der Waals surface area contributed by atoms with Crippen LogP contribution in [0.15, 0.2) is 17.0 Å². The number of methoxy groups -OCH3 is 1. The van der Waals surface area contributed by atoms with Crippen molar-refractivity contribution in [3.63, 3.8) is 0 Å². The summed E-state index contributed by atoms with van der Waals surface area (Å²) in [6.45, 7) is 0. The molecular formula is C8H10BFO3S. The van der Waals surface area contributed by atoms with Crippen LogP contribution < -0.4 is 10.2 Å². The van der Waals surface area contributed by atoms with Crippen LogP contribution in [0.1, 0.15) is 0 Å². The highest BCUT2D eigenvalue weighted by atomic mass is 32.2. The molecule has 0 aliphatic carbocycles. The summed E-state index contributed by atoms with van der Waals surface area (Å²) < 4.78 is 18.3. The molecule has 1 rings (SSSR count). The first-order valence-corrected chi connectivity index (χ1v) is 5.10. The van der Waals surface area contributed by atoms with Crippen molar-refractivity contribution in [3.8, 4) is 5.75 Å². The van der Waals surface area contributed by atoms with Crippen LogP contribution in [0.4, 0.5) is 4.39 Å². The average Bonchev–Trinajstić information content (AvgIpc) is 2.17. The number of thioether (sulfide) groups is 1. The fourth-order valence-electron chi connectivity index (χ4n) is 1.12. The van der Waals surface area contributed by atoms with Crippen molar-refractivity contribution in [2.24, 2.45) is 0 Å². The molecule has 0 atom stereocenters. The molecule has 0 fully saturated rings. The van der Waals surface area contributed by atoms with Gasteiger partial charge in [-0.15, -0.1) is 11.8 Å². The van der Waals surface area contributed by atoms with Crippen molar-refractivity contribution in [2.75, 3.05) is 13.4 Å². The zero-order valence-electron chi connectivity index (χ0n) is 7.82. The molecule has 0 amide bonds. The highest BCUT2D eigenvalue weighted by Gasteiger charge is 2.21. The van der Waals surface area contributed by atoms with Crippen LogP contribution >= 0.6 is 11.8 Å². The highest BCUT2D eigenvalue weighted by Crippen LogP contribution is 2.25. The van der Waals surface area contributed by atoms with E-state index in [2.05, 4.69) is 0 Å². The van der Waals surface area contributed by atoms with Crippen LogP contribution in [0, 0.1) is 5.82 Å². The van der Waals surface area contributed by atoms with Crippen LogP contribution in [-0.4, -0.2) is 30.5 Å². The molecule has 0 unspecified atom stereocenters. The Kier molecular flexibility index (Phi) is 3.80. The predicted octanol–water partition coefficient (Wildman–Crippen LogP) is 0.236. The fraction of sp³-hybridized carbons (Fsp3) is 0.250. The van der Waals surface area contributed by atoms with Crippen molar-refractivity contribution in [2.45, 2.75) is 4.90 Å². The maximum absolute atomic E-state index is 13.5. The minimum atomic E-state index is -1.73. The molecule has 0 aliphatic heterocycles. The smallest absolute Gasteiger partial charge is 0.492 e. The van der Waals surface area contributed by atoms with Crippen LogP contribution in [0.2, 0.25) is 0 Å². The first kappa shape index (κ1) is 11.4. The predicted molar refractivity (Wildman–Crippen MR) is 54.6 cm³/mol. The van der Waals surface area contributed by atoms with Gasteiger partial charge < -0.3 is 14.8 Å². The van der Waals surface area contributed by atoms with Crippen molar-refractivity contribution >= 4 is 24.3 Å². The summed E-state index contributed by atoms with van der Waals surface area (Å²) in [6.07, 6.45) is 1.73. The summed E-state index contributed by atoms with van der Waals surface area (Å²) in [5.41, 5.74) is 0.0304. The lowest BCUT2D eigenvalue weighted by Crippen LogP contribution is -2.31. The maximum atomic E-state index is 13.5. The van der Waals surface area contributed by atoms with Gasteiger partial charge in [0.1, 0.15) is 0 Å². The van der Waals surface area contributed by atoms with Crippen molar-refractivity contribution in [1.29, 1.82) is 0 Å². The van der Waals surface area contributed by atoms with E-state index in [-0.39, 0.29) is 11.2 Å². The summed E-state index contributed by atoms with van der Waals surface area (Å²) in [6, 6.07) is 2.91. The van der Waals surface area contributed by atoms with Gasteiger partial charge in [0.2, 0.25) is 0 Å². The molecule has 0 saturated heterocycles. The van der Waals surface area contributed by atoms with Gasteiger partial charge >= 0.3 is 7.12 Å². The molecule has 0 aromatic heterocycles. The summed E-state index contributed by atoms with van der Waals surface area (Å²) in [5.74, 6) is -0.683. The number of hydrogen-bond acceptors (Lipinski definition) is 4. The van der Waals surface area contributed by atoms with E-state index in [0.29, 0.717) is 4.90 Å². The number of benzene rings is 1. The molecule has 0 spiro atoms. The van der Waals surface area contributed by atoms with Gasteiger partial charge in [-0.05, 0) is 12.3 Å². The second-order valence-electron chi connectivity index (χ2n) is 2.58. The van der Waals surface area contributed by atoms with Gasteiger partial charge in [0.05, 0.1) is 7.11 Å². The minimum Gasteiger partial charge on any atom is -0.494 e. The van der Waals surface area contributed by atoms with Gasteiger partial charge in [-0.1, -0.05) is 6.07 Å². The highest BCUT2D eigenvalue weighted by molar-refractivity contribution is 7.98. The van der Waals surface area contributed by atoms with Crippen molar-refractivity contribution in [3.05, 3.63) is 17.9 Å². The Hall–Kier alpha value is -0.715. The van der Waals surface area contributed by atoms with Gasteiger partial charge in [-0.2, -0.15) is 0 Å². The van der Waals surface area contributed by atoms with E-state index in [1.807, 2.05) is 0 Å². The maximum Gasteiger partial charge on any atom is 0.492 e. The van der Waals surface area contributed by atoms with Gasteiger partial charge in [0.25, 0.3) is 0 Å². The number of halogens is 1. The van der Waals surface area contributed by atoms with Crippen LogP contribution in [0.25, 0.3) is 0 Å². The van der Waals surface area contributed by atoms with Crippen LogP contribution in [-0.2, 0) is 0 Å². The second kappa shape index (κ2) is 4.68. The van der Waals surface area contributed by atoms with E-state index in [1.165, 1.54) is 31.0 Å². The Labute approximate surface area is 86.0 Å². The van der Waals surface area contributed by atoms with Crippen LogP contribution in [0.5, 0.6) is 5.75 Å². The Morgan fingerprint density at radius 3 is 2.50 bits per heavy atom. The molecule has 3 nitrogen and oxygen atoms in total. The van der Waals surface area contributed by atoms with Gasteiger partial charge in [-0.3, -0.25) is 0 Å². The SMILES string of the molecule is COc1c(B(O)O)ccc(SC)c1F. The molecule has 76 valence electrons. The lowest BCUT2D eigenvalue weighted by atomic mass is 9.79. The molecule has 1 aromatic rings. The molecule has 0 bridgehead atoms. The summed E-state index contributed by atoms with van der Waals surface area (Å²) in [5, 5.41) is 17.9. The largest absolute Gasteiger partial charge is 0.494 e. The number of rotatable bonds is 3. The van der Waals surface area contributed by atoms with E-state index in [9.17, 15) is 4.39 Å². The normalized spacial score (nSPS) is 10.1. The topological polar surface area (TPSA) is 49.7 Å². The third-order valence-corrected chi connectivity index (χ3v) is 2.55. The molecular weight excluding hydrogens is 206 g/mol. The van der Waals surface area contributed by atoms with E-state index >= 15 is 0 Å². The quantitative estimate of drug-likeness (QED) is 0.561. The van der Waals surface area contributed by atoms with Crippen molar-refractivity contribution < 1.29 is 19.2 Å². The van der Waals surface area contributed by atoms with E-state index in [4.69, 9.17) is 14.8 Å². The lowest BCUT2D eigenvalue weighted by molar-refractivity contribution is 0.377. The standard InChI is InChI=1S/C8H10BFO3S/c1-13-8-5(9(11)12)3-4-6(14-2)7(8)10/h3-4,11-12H,1-2H3.